The van der Waals surface area contributed by atoms with Gasteiger partial charge in [0.1, 0.15) is 5.75 Å². The lowest BCUT2D eigenvalue weighted by atomic mass is 9.91. The summed E-state index contributed by atoms with van der Waals surface area (Å²) in [4.78, 5) is 13.3. The van der Waals surface area contributed by atoms with Gasteiger partial charge in [-0.25, -0.2) is 4.68 Å². The molecule has 216 valence electrons. The van der Waals surface area contributed by atoms with Crippen LogP contribution in [-0.4, -0.2) is 48.1 Å². The third kappa shape index (κ3) is 7.48. The van der Waals surface area contributed by atoms with Crippen molar-refractivity contribution in [3.05, 3.63) is 63.8 Å². The first kappa shape index (κ1) is 30.2. The molecule has 4 rings (SSSR count). The fourth-order valence-corrected chi connectivity index (χ4v) is 6.05. The van der Waals surface area contributed by atoms with Crippen LogP contribution in [0.3, 0.4) is 0 Å². The number of carbonyl (C=O) groups excluding carboxylic acids is 1. The quantitative estimate of drug-likeness (QED) is 0.308. The molecule has 14 heteroatoms. The largest absolute Gasteiger partial charge is 0.390 e. The molecule has 0 saturated heterocycles. The number of halogens is 5. The minimum Gasteiger partial charge on any atom is -0.382 e. The molecule has 1 fully saturated rings. The van der Waals surface area contributed by atoms with Crippen molar-refractivity contribution in [3.8, 4) is 22.7 Å². The van der Waals surface area contributed by atoms with Crippen molar-refractivity contribution in [2.24, 2.45) is 5.73 Å². The highest BCUT2D eigenvalue weighted by atomic mass is 35.5. The Bertz CT molecular complexity index is 1490. The lowest BCUT2D eigenvalue weighted by Crippen LogP contribution is -2.42. The summed E-state index contributed by atoms with van der Waals surface area (Å²) in [6, 6.07) is 10.4. The van der Waals surface area contributed by atoms with E-state index in [0.29, 0.717) is 34.0 Å². The van der Waals surface area contributed by atoms with Gasteiger partial charge in [0, 0.05) is 28.2 Å². The van der Waals surface area contributed by atoms with E-state index in [0.717, 1.165) is 19.3 Å². The molecular weight excluding hydrogens is 592 g/mol. The number of rotatable bonds is 8. The number of nitrogens with one attached hydrogen (secondary N) is 1. The molecule has 1 aliphatic carbocycles. The molecule has 0 spiro atoms. The third-order valence-corrected chi connectivity index (χ3v) is 8.20. The summed E-state index contributed by atoms with van der Waals surface area (Å²) in [7, 11) is -4.47. The third-order valence-electron chi connectivity index (χ3n) is 6.51. The molecule has 0 aliphatic heterocycles. The SMILES string of the molecule is Cc1c(C(=O)NC2CCCC(N)C2)nn(-c2ccc(Cl)cc2Cl)c1-c1ccc(OS(=O)(=O)CCC(F)(F)F)cc1. The Labute approximate surface area is 239 Å². The molecule has 2 unspecified atom stereocenters. The molecule has 0 bridgehead atoms. The Morgan fingerprint density at radius 3 is 2.50 bits per heavy atom. The van der Waals surface area contributed by atoms with Gasteiger partial charge >= 0.3 is 16.3 Å². The van der Waals surface area contributed by atoms with Crippen molar-refractivity contribution < 1.29 is 30.6 Å². The highest BCUT2D eigenvalue weighted by Gasteiger charge is 2.31. The van der Waals surface area contributed by atoms with Crippen LogP contribution in [0.5, 0.6) is 5.75 Å². The highest BCUT2D eigenvalue weighted by Crippen LogP contribution is 2.34. The number of nitrogens with two attached hydrogens (primary N) is 1. The fourth-order valence-electron chi connectivity index (χ4n) is 4.59. The number of carbonyl (C=O) groups is 1. The first-order valence-electron chi connectivity index (χ1n) is 12.4. The minimum atomic E-state index is -4.63. The van der Waals surface area contributed by atoms with Crippen LogP contribution in [0.25, 0.3) is 16.9 Å². The predicted octanol–water partition coefficient (Wildman–Crippen LogP) is 5.82. The van der Waals surface area contributed by atoms with E-state index in [4.69, 9.17) is 33.1 Å². The van der Waals surface area contributed by atoms with Gasteiger partial charge in [0.2, 0.25) is 0 Å². The zero-order chi connectivity index (χ0) is 29.2. The Morgan fingerprint density at radius 1 is 1.18 bits per heavy atom. The van der Waals surface area contributed by atoms with E-state index in [1.54, 1.807) is 19.1 Å². The van der Waals surface area contributed by atoms with Crippen LogP contribution >= 0.6 is 23.2 Å². The van der Waals surface area contributed by atoms with Gasteiger partial charge in [0.05, 0.1) is 28.6 Å². The average molecular weight is 619 g/mol. The molecule has 40 heavy (non-hydrogen) atoms. The van der Waals surface area contributed by atoms with E-state index in [9.17, 15) is 26.4 Å². The van der Waals surface area contributed by atoms with Gasteiger partial charge < -0.3 is 15.2 Å². The van der Waals surface area contributed by atoms with E-state index >= 15 is 0 Å². The summed E-state index contributed by atoms with van der Waals surface area (Å²) in [6.07, 6.45) is -2.87. The number of nitrogens with zero attached hydrogens (tertiary/aromatic N) is 2. The summed E-state index contributed by atoms with van der Waals surface area (Å²) >= 11 is 12.5. The Balaban J connectivity index is 1.68. The summed E-state index contributed by atoms with van der Waals surface area (Å²) < 4.78 is 67.7. The van der Waals surface area contributed by atoms with Crippen molar-refractivity contribution in [1.82, 2.24) is 15.1 Å². The number of benzene rings is 2. The topological polar surface area (TPSA) is 116 Å². The van der Waals surface area contributed by atoms with Gasteiger partial charge in [0.25, 0.3) is 5.91 Å². The van der Waals surface area contributed by atoms with Gasteiger partial charge in [-0.05, 0) is 75.1 Å². The molecule has 1 aliphatic rings. The second kappa shape index (κ2) is 12.0. The monoisotopic (exact) mass is 618 g/mol. The minimum absolute atomic E-state index is 0.0131. The van der Waals surface area contributed by atoms with Crippen molar-refractivity contribution in [1.29, 1.82) is 0 Å². The summed E-state index contributed by atoms with van der Waals surface area (Å²) in [5.41, 5.74) is 8.21. The summed E-state index contributed by atoms with van der Waals surface area (Å²) in [5, 5.41) is 8.27. The maximum absolute atomic E-state index is 13.3. The zero-order valence-electron chi connectivity index (χ0n) is 21.3. The van der Waals surface area contributed by atoms with Crippen LogP contribution in [0.1, 0.15) is 48.2 Å². The van der Waals surface area contributed by atoms with Crippen LogP contribution in [-0.2, 0) is 10.1 Å². The van der Waals surface area contributed by atoms with Crippen molar-refractivity contribution >= 4 is 39.2 Å². The van der Waals surface area contributed by atoms with E-state index in [-0.39, 0.29) is 34.5 Å². The lowest BCUT2D eigenvalue weighted by Gasteiger charge is -2.27. The van der Waals surface area contributed by atoms with Gasteiger partial charge in [-0.1, -0.05) is 23.2 Å². The average Bonchev–Trinajstić information content (AvgIpc) is 3.19. The van der Waals surface area contributed by atoms with Crippen molar-refractivity contribution in [2.75, 3.05) is 5.75 Å². The van der Waals surface area contributed by atoms with Gasteiger partial charge in [-0.15, -0.1) is 0 Å². The second-order valence-electron chi connectivity index (χ2n) is 9.66. The van der Waals surface area contributed by atoms with E-state index in [1.807, 2.05) is 0 Å². The first-order valence-corrected chi connectivity index (χ1v) is 14.8. The number of aromatic nitrogens is 2. The molecule has 2 atom stereocenters. The van der Waals surface area contributed by atoms with Crippen molar-refractivity contribution in [2.45, 2.75) is 57.3 Å². The first-order chi connectivity index (χ1) is 18.7. The zero-order valence-corrected chi connectivity index (χ0v) is 23.7. The van der Waals surface area contributed by atoms with E-state index < -0.39 is 28.5 Å². The molecule has 0 radical (unpaired) electrons. The van der Waals surface area contributed by atoms with Crippen molar-refractivity contribution in [3.63, 3.8) is 0 Å². The molecule has 2 aromatic carbocycles. The molecule has 1 aromatic heterocycles. The van der Waals surface area contributed by atoms with Crippen LogP contribution in [0, 0.1) is 6.92 Å². The summed E-state index contributed by atoms with van der Waals surface area (Å²) in [6.45, 7) is 1.72. The van der Waals surface area contributed by atoms with Gasteiger partial charge in [-0.3, -0.25) is 4.79 Å². The number of hydrogen-bond donors (Lipinski definition) is 2. The lowest BCUT2D eigenvalue weighted by molar-refractivity contribution is -0.130. The smallest absolute Gasteiger partial charge is 0.382 e. The van der Waals surface area contributed by atoms with Crippen LogP contribution in [0.2, 0.25) is 10.0 Å². The number of alkyl halides is 3. The molecule has 1 saturated carbocycles. The molecule has 1 amide bonds. The molecular formula is C26H27Cl2F3N4O4S. The van der Waals surface area contributed by atoms with Crippen LogP contribution in [0.4, 0.5) is 13.2 Å². The Kier molecular flexibility index (Phi) is 9.03. The Hall–Kier alpha value is -2.80. The Morgan fingerprint density at radius 2 is 1.88 bits per heavy atom. The van der Waals surface area contributed by atoms with Gasteiger partial charge in [-0.2, -0.15) is 26.7 Å². The number of hydrogen-bond acceptors (Lipinski definition) is 6. The van der Waals surface area contributed by atoms with E-state index in [1.165, 1.54) is 35.0 Å². The maximum atomic E-state index is 13.3. The van der Waals surface area contributed by atoms with Gasteiger partial charge in [0.15, 0.2) is 5.69 Å². The fraction of sp³-hybridized carbons (Fsp3) is 0.385. The predicted molar refractivity (Wildman–Crippen MR) is 147 cm³/mol. The summed E-state index contributed by atoms with van der Waals surface area (Å²) in [5.74, 6) is -1.74. The molecule has 8 nitrogen and oxygen atoms in total. The highest BCUT2D eigenvalue weighted by molar-refractivity contribution is 7.87. The second-order valence-corrected chi connectivity index (χ2v) is 12.2. The molecule has 3 aromatic rings. The molecule has 1 heterocycles. The molecule has 3 N–H and O–H groups in total. The normalized spacial score (nSPS) is 18.0. The standard InChI is InChI=1S/C26H27Cl2F3N4O4S/c1-15-23(25(36)33-19-4-2-3-18(32)14-19)34-35(22-10-7-17(27)13-21(22)28)24(15)16-5-8-20(9-6-16)39-40(37,38)12-11-26(29,30)31/h5-10,13,18-19H,2-4,11-12,14,32H2,1H3,(H,33,36). The van der Waals surface area contributed by atoms with Crippen LogP contribution in [0.15, 0.2) is 42.5 Å². The number of amides is 1. The maximum Gasteiger partial charge on any atom is 0.390 e. The van der Waals surface area contributed by atoms with Crippen LogP contribution < -0.4 is 15.2 Å². The van der Waals surface area contributed by atoms with E-state index in [2.05, 4.69) is 10.4 Å².